The molecule has 21 heavy (non-hydrogen) atoms. The van der Waals surface area contributed by atoms with Crippen LogP contribution in [0.3, 0.4) is 0 Å². The molecule has 2 aromatic rings. The van der Waals surface area contributed by atoms with E-state index in [2.05, 4.69) is 23.5 Å². The van der Waals surface area contributed by atoms with Crippen molar-refractivity contribution in [3.8, 4) is 5.75 Å². The standard InChI is InChI=1S/C18H21NO2/c1-2-21-15-8-5-6-13(10-15)12-19-18-16-9-4-3-7-14(16)11-17(18)20/h3-10,17-20H,2,11-12H2,1H3/t17-,18+/m0/s1. The van der Waals surface area contributed by atoms with Gasteiger partial charge in [-0.25, -0.2) is 0 Å². The summed E-state index contributed by atoms with van der Waals surface area (Å²) in [5, 5.41) is 13.7. The van der Waals surface area contributed by atoms with Crippen molar-refractivity contribution >= 4 is 0 Å². The molecule has 110 valence electrons. The van der Waals surface area contributed by atoms with Gasteiger partial charge in [0, 0.05) is 13.0 Å². The van der Waals surface area contributed by atoms with E-state index < -0.39 is 0 Å². The maximum Gasteiger partial charge on any atom is 0.119 e. The Hall–Kier alpha value is -1.84. The molecule has 0 heterocycles. The number of ether oxygens (including phenoxy) is 1. The van der Waals surface area contributed by atoms with Crippen LogP contribution >= 0.6 is 0 Å². The average molecular weight is 283 g/mol. The molecule has 0 unspecified atom stereocenters. The van der Waals surface area contributed by atoms with E-state index in [1.54, 1.807) is 0 Å². The Morgan fingerprint density at radius 1 is 1.19 bits per heavy atom. The van der Waals surface area contributed by atoms with Crippen molar-refractivity contribution < 1.29 is 9.84 Å². The van der Waals surface area contributed by atoms with Crippen molar-refractivity contribution in [3.63, 3.8) is 0 Å². The van der Waals surface area contributed by atoms with Gasteiger partial charge in [-0.3, -0.25) is 0 Å². The van der Waals surface area contributed by atoms with E-state index >= 15 is 0 Å². The molecule has 0 aromatic heterocycles. The van der Waals surface area contributed by atoms with Gasteiger partial charge in [0.05, 0.1) is 18.8 Å². The first kappa shape index (κ1) is 14.1. The molecule has 0 amide bonds. The Kier molecular flexibility index (Phi) is 4.23. The number of hydrogen-bond acceptors (Lipinski definition) is 3. The van der Waals surface area contributed by atoms with Gasteiger partial charge in [-0.05, 0) is 35.7 Å². The van der Waals surface area contributed by atoms with Gasteiger partial charge in [0.25, 0.3) is 0 Å². The molecule has 2 atom stereocenters. The van der Waals surface area contributed by atoms with Crippen molar-refractivity contribution in [2.45, 2.75) is 32.0 Å². The maximum atomic E-state index is 10.2. The lowest BCUT2D eigenvalue weighted by Gasteiger charge is -2.18. The van der Waals surface area contributed by atoms with Gasteiger partial charge in [-0.2, -0.15) is 0 Å². The first-order chi connectivity index (χ1) is 10.3. The molecular weight excluding hydrogens is 262 g/mol. The number of hydrogen-bond donors (Lipinski definition) is 2. The monoisotopic (exact) mass is 283 g/mol. The Morgan fingerprint density at radius 3 is 2.90 bits per heavy atom. The Labute approximate surface area is 125 Å². The first-order valence-electron chi connectivity index (χ1n) is 7.49. The molecule has 0 bridgehead atoms. The number of aliphatic hydroxyl groups excluding tert-OH is 1. The molecule has 3 heteroatoms. The van der Waals surface area contributed by atoms with Crippen molar-refractivity contribution in [1.82, 2.24) is 5.32 Å². The minimum atomic E-state index is -0.350. The van der Waals surface area contributed by atoms with Gasteiger partial charge in [0.1, 0.15) is 5.75 Å². The predicted molar refractivity (Wildman–Crippen MR) is 83.3 cm³/mol. The van der Waals surface area contributed by atoms with Crippen LogP contribution in [0.15, 0.2) is 48.5 Å². The third-order valence-electron chi connectivity index (χ3n) is 3.94. The summed E-state index contributed by atoms with van der Waals surface area (Å²) in [4.78, 5) is 0. The number of nitrogens with one attached hydrogen (secondary N) is 1. The fourth-order valence-corrected chi connectivity index (χ4v) is 2.96. The highest BCUT2D eigenvalue weighted by molar-refractivity contribution is 5.36. The fourth-order valence-electron chi connectivity index (χ4n) is 2.96. The third kappa shape index (κ3) is 3.09. The summed E-state index contributed by atoms with van der Waals surface area (Å²) in [7, 11) is 0. The second-order valence-corrected chi connectivity index (χ2v) is 5.41. The zero-order chi connectivity index (χ0) is 14.7. The van der Waals surface area contributed by atoms with Gasteiger partial charge >= 0.3 is 0 Å². The molecule has 2 aromatic carbocycles. The Morgan fingerprint density at radius 2 is 2.05 bits per heavy atom. The number of benzene rings is 2. The van der Waals surface area contributed by atoms with Crippen LogP contribution in [0.25, 0.3) is 0 Å². The Balaban J connectivity index is 1.69. The summed E-state index contributed by atoms with van der Waals surface area (Å²) in [6.45, 7) is 3.37. The molecule has 0 radical (unpaired) electrons. The third-order valence-corrected chi connectivity index (χ3v) is 3.94. The van der Waals surface area contributed by atoms with E-state index in [1.807, 2.05) is 37.3 Å². The summed E-state index contributed by atoms with van der Waals surface area (Å²) in [6, 6.07) is 16.3. The summed E-state index contributed by atoms with van der Waals surface area (Å²) in [5.41, 5.74) is 3.62. The van der Waals surface area contributed by atoms with E-state index in [1.165, 1.54) is 11.1 Å². The molecule has 1 aliphatic carbocycles. The highest BCUT2D eigenvalue weighted by atomic mass is 16.5. The number of fused-ring (bicyclic) bond motifs is 1. The van der Waals surface area contributed by atoms with E-state index in [-0.39, 0.29) is 12.1 Å². The highest BCUT2D eigenvalue weighted by Crippen LogP contribution is 2.31. The van der Waals surface area contributed by atoms with Gasteiger partial charge in [-0.15, -0.1) is 0 Å². The molecule has 0 aliphatic heterocycles. The molecule has 3 rings (SSSR count). The van der Waals surface area contributed by atoms with Crippen molar-refractivity contribution in [2.24, 2.45) is 0 Å². The maximum absolute atomic E-state index is 10.2. The smallest absolute Gasteiger partial charge is 0.119 e. The minimum Gasteiger partial charge on any atom is -0.494 e. The van der Waals surface area contributed by atoms with Gasteiger partial charge < -0.3 is 15.2 Å². The number of aliphatic hydroxyl groups is 1. The van der Waals surface area contributed by atoms with E-state index in [4.69, 9.17) is 4.74 Å². The zero-order valence-corrected chi connectivity index (χ0v) is 12.3. The largest absolute Gasteiger partial charge is 0.494 e. The second-order valence-electron chi connectivity index (χ2n) is 5.41. The van der Waals surface area contributed by atoms with Gasteiger partial charge in [-0.1, -0.05) is 36.4 Å². The fraction of sp³-hybridized carbons (Fsp3) is 0.333. The molecule has 0 spiro atoms. The summed E-state index contributed by atoms with van der Waals surface area (Å²) >= 11 is 0. The molecule has 0 fully saturated rings. The molecule has 0 saturated heterocycles. The van der Waals surface area contributed by atoms with Crippen molar-refractivity contribution in [1.29, 1.82) is 0 Å². The Bertz CT molecular complexity index is 612. The molecular formula is C18H21NO2. The normalized spacial score (nSPS) is 20.3. The SMILES string of the molecule is CCOc1cccc(CN[C@@H]2c3ccccc3C[C@@H]2O)c1. The lowest BCUT2D eigenvalue weighted by atomic mass is 10.1. The van der Waals surface area contributed by atoms with E-state index in [9.17, 15) is 5.11 Å². The van der Waals surface area contributed by atoms with Crippen LogP contribution in [0.1, 0.15) is 29.7 Å². The van der Waals surface area contributed by atoms with Crippen LogP contribution in [-0.2, 0) is 13.0 Å². The lowest BCUT2D eigenvalue weighted by Crippen LogP contribution is -2.28. The quantitative estimate of drug-likeness (QED) is 0.886. The first-order valence-corrected chi connectivity index (χ1v) is 7.49. The van der Waals surface area contributed by atoms with Crippen LogP contribution in [-0.4, -0.2) is 17.8 Å². The number of rotatable bonds is 5. The predicted octanol–water partition coefficient (Wildman–Crippen LogP) is 2.83. The molecule has 1 aliphatic rings. The van der Waals surface area contributed by atoms with E-state index in [0.717, 1.165) is 24.3 Å². The highest BCUT2D eigenvalue weighted by Gasteiger charge is 2.29. The lowest BCUT2D eigenvalue weighted by molar-refractivity contribution is 0.140. The topological polar surface area (TPSA) is 41.5 Å². The molecule has 0 saturated carbocycles. The van der Waals surface area contributed by atoms with Crippen LogP contribution in [0.2, 0.25) is 0 Å². The van der Waals surface area contributed by atoms with Gasteiger partial charge in [0.15, 0.2) is 0 Å². The second kappa shape index (κ2) is 6.29. The molecule has 3 nitrogen and oxygen atoms in total. The van der Waals surface area contributed by atoms with Gasteiger partial charge in [0.2, 0.25) is 0 Å². The van der Waals surface area contributed by atoms with Crippen LogP contribution in [0, 0.1) is 0 Å². The summed E-state index contributed by atoms with van der Waals surface area (Å²) in [6.07, 6.45) is 0.379. The zero-order valence-electron chi connectivity index (χ0n) is 12.3. The van der Waals surface area contributed by atoms with Crippen molar-refractivity contribution in [2.75, 3.05) is 6.61 Å². The average Bonchev–Trinajstić information content (AvgIpc) is 2.81. The van der Waals surface area contributed by atoms with Crippen LogP contribution in [0.4, 0.5) is 0 Å². The summed E-state index contributed by atoms with van der Waals surface area (Å²) in [5.74, 6) is 0.893. The minimum absolute atomic E-state index is 0.0111. The van der Waals surface area contributed by atoms with Crippen LogP contribution < -0.4 is 10.1 Å². The summed E-state index contributed by atoms with van der Waals surface area (Å²) < 4.78 is 5.52. The molecule has 2 N–H and O–H groups in total. The van der Waals surface area contributed by atoms with Crippen LogP contribution in [0.5, 0.6) is 5.75 Å². The van der Waals surface area contributed by atoms with Crippen molar-refractivity contribution in [3.05, 3.63) is 65.2 Å². The van der Waals surface area contributed by atoms with E-state index in [0.29, 0.717) is 6.61 Å².